The molecule has 2 radical (unpaired) electrons. The fourth-order valence-corrected chi connectivity index (χ4v) is 2.46. The summed E-state index contributed by atoms with van der Waals surface area (Å²) in [6.07, 6.45) is 10.3. The maximum Gasteiger partial charge on any atom is 0.201 e. The highest BCUT2D eigenvalue weighted by atomic mass is 15.3. The normalized spacial score (nSPS) is 13.1. The zero-order valence-electron chi connectivity index (χ0n) is 13.4. The SMILES string of the molecule is [B]NNCCC(CCCC)N(CCCC)CCCC. The number of hydrogen-bond donors (Lipinski definition) is 2. The first-order chi connectivity index (χ1) is 9.29. The van der Waals surface area contributed by atoms with Crippen molar-refractivity contribution in [3.63, 3.8) is 0 Å². The van der Waals surface area contributed by atoms with Gasteiger partial charge in [0.05, 0.1) is 0 Å². The van der Waals surface area contributed by atoms with Gasteiger partial charge in [-0.1, -0.05) is 46.5 Å². The zero-order valence-corrected chi connectivity index (χ0v) is 13.4. The Hall–Kier alpha value is -0.0551. The van der Waals surface area contributed by atoms with Gasteiger partial charge in [-0.2, -0.15) is 0 Å². The zero-order chi connectivity index (χ0) is 14.3. The van der Waals surface area contributed by atoms with Crippen molar-refractivity contribution >= 4 is 7.98 Å². The van der Waals surface area contributed by atoms with Gasteiger partial charge in [0.2, 0.25) is 7.98 Å². The molecule has 0 aliphatic rings. The molecule has 0 aromatic rings. The number of nitrogens with one attached hydrogen (secondary N) is 2. The van der Waals surface area contributed by atoms with Gasteiger partial charge >= 0.3 is 0 Å². The predicted molar refractivity (Wildman–Crippen MR) is 86.2 cm³/mol. The Balaban J connectivity index is 4.29. The average molecular weight is 267 g/mol. The number of nitrogens with zero attached hydrogens (tertiary/aromatic N) is 1. The minimum atomic E-state index is 0.707. The highest BCUT2D eigenvalue weighted by molar-refractivity contribution is 6.03. The molecule has 112 valence electrons. The lowest BCUT2D eigenvalue weighted by Gasteiger charge is -2.32. The summed E-state index contributed by atoms with van der Waals surface area (Å²) >= 11 is 0. The molecule has 0 bridgehead atoms. The smallest absolute Gasteiger partial charge is 0.201 e. The molecule has 0 saturated heterocycles. The van der Waals surface area contributed by atoms with Gasteiger partial charge in [-0.15, -0.1) is 0 Å². The number of unbranched alkanes of at least 4 members (excludes halogenated alkanes) is 3. The third-order valence-corrected chi connectivity index (χ3v) is 3.71. The Labute approximate surface area is 122 Å². The van der Waals surface area contributed by atoms with Gasteiger partial charge in [0, 0.05) is 12.6 Å². The highest BCUT2D eigenvalue weighted by Gasteiger charge is 2.16. The summed E-state index contributed by atoms with van der Waals surface area (Å²) < 4.78 is 0. The van der Waals surface area contributed by atoms with E-state index >= 15 is 0 Å². The standard InChI is InChI=1S/C15H34BN3/c1-4-7-10-15(11-12-17-18-16)19(13-8-5-2)14-9-6-3/h15,17-18H,4-14H2,1-3H3. The van der Waals surface area contributed by atoms with E-state index in [1.807, 2.05) is 0 Å². The van der Waals surface area contributed by atoms with Crippen molar-refractivity contribution in [2.24, 2.45) is 0 Å². The van der Waals surface area contributed by atoms with Crippen LogP contribution in [0.15, 0.2) is 0 Å². The molecule has 0 fully saturated rings. The Morgan fingerprint density at radius 2 is 1.47 bits per heavy atom. The van der Waals surface area contributed by atoms with Crippen molar-refractivity contribution in [1.29, 1.82) is 0 Å². The molecule has 0 saturated carbocycles. The molecule has 0 aromatic heterocycles. The first-order valence-electron chi connectivity index (χ1n) is 8.22. The van der Waals surface area contributed by atoms with E-state index in [9.17, 15) is 0 Å². The molecule has 0 amide bonds. The van der Waals surface area contributed by atoms with E-state index in [4.69, 9.17) is 7.98 Å². The fraction of sp³-hybridized carbons (Fsp3) is 1.00. The summed E-state index contributed by atoms with van der Waals surface area (Å²) in [7, 11) is 5.28. The minimum absolute atomic E-state index is 0.707. The molecule has 1 unspecified atom stereocenters. The molecule has 0 heterocycles. The van der Waals surface area contributed by atoms with E-state index in [-0.39, 0.29) is 0 Å². The lowest BCUT2D eigenvalue weighted by Crippen LogP contribution is -2.40. The van der Waals surface area contributed by atoms with E-state index in [1.54, 1.807) is 0 Å². The largest absolute Gasteiger partial charge is 0.311 e. The van der Waals surface area contributed by atoms with E-state index in [2.05, 4.69) is 36.4 Å². The van der Waals surface area contributed by atoms with E-state index in [0.29, 0.717) is 6.04 Å². The van der Waals surface area contributed by atoms with Gasteiger partial charge in [0.15, 0.2) is 0 Å². The molecule has 0 aliphatic carbocycles. The summed E-state index contributed by atoms with van der Waals surface area (Å²) in [6.45, 7) is 10.3. The maximum absolute atomic E-state index is 5.28. The molecule has 0 aliphatic heterocycles. The molecule has 1 atom stereocenters. The third kappa shape index (κ3) is 10.4. The lowest BCUT2D eigenvalue weighted by molar-refractivity contribution is 0.168. The van der Waals surface area contributed by atoms with Gasteiger partial charge in [-0.25, -0.2) is 0 Å². The van der Waals surface area contributed by atoms with Crippen molar-refractivity contribution in [3.05, 3.63) is 0 Å². The molecule has 3 nitrogen and oxygen atoms in total. The van der Waals surface area contributed by atoms with Crippen LogP contribution < -0.4 is 10.8 Å². The highest BCUT2D eigenvalue weighted by Crippen LogP contribution is 2.14. The van der Waals surface area contributed by atoms with E-state index in [1.165, 1.54) is 64.5 Å². The van der Waals surface area contributed by atoms with Crippen LogP contribution >= 0.6 is 0 Å². The monoisotopic (exact) mass is 267 g/mol. The first kappa shape index (κ1) is 18.9. The van der Waals surface area contributed by atoms with Gasteiger partial charge in [-0.05, 0) is 38.8 Å². The molecular weight excluding hydrogens is 233 g/mol. The molecular formula is C15H34BN3. The Morgan fingerprint density at radius 1 is 0.895 bits per heavy atom. The molecule has 4 heteroatoms. The molecule has 19 heavy (non-hydrogen) atoms. The van der Waals surface area contributed by atoms with Gasteiger partial charge in [0.25, 0.3) is 0 Å². The summed E-state index contributed by atoms with van der Waals surface area (Å²) in [6, 6.07) is 0.707. The number of hydrogen-bond acceptors (Lipinski definition) is 3. The number of rotatable bonds is 14. The Kier molecular flexibility index (Phi) is 14.3. The van der Waals surface area contributed by atoms with Crippen molar-refractivity contribution in [1.82, 2.24) is 15.7 Å². The van der Waals surface area contributed by atoms with Crippen LogP contribution in [0, 0.1) is 0 Å². The predicted octanol–water partition coefficient (Wildman–Crippen LogP) is 3.02. The second-order valence-corrected chi connectivity index (χ2v) is 5.40. The molecule has 2 N–H and O–H groups in total. The van der Waals surface area contributed by atoms with Crippen molar-refractivity contribution < 1.29 is 0 Å². The van der Waals surface area contributed by atoms with Crippen molar-refractivity contribution in [2.75, 3.05) is 19.6 Å². The second kappa shape index (κ2) is 14.4. The van der Waals surface area contributed by atoms with Crippen LogP contribution in [-0.4, -0.2) is 38.6 Å². The van der Waals surface area contributed by atoms with E-state index < -0.39 is 0 Å². The van der Waals surface area contributed by atoms with Crippen LogP contribution in [0.25, 0.3) is 0 Å². The topological polar surface area (TPSA) is 27.3 Å². The maximum atomic E-state index is 5.28. The van der Waals surface area contributed by atoms with Crippen molar-refractivity contribution in [2.45, 2.75) is 78.2 Å². The molecule has 0 rings (SSSR count). The Morgan fingerprint density at radius 3 is 1.95 bits per heavy atom. The van der Waals surface area contributed by atoms with Crippen molar-refractivity contribution in [3.8, 4) is 0 Å². The van der Waals surface area contributed by atoms with Crippen LogP contribution in [-0.2, 0) is 0 Å². The van der Waals surface area contributed by atoms with Gasteiger partial charge in [-0.3, -0.25) is 5.43 Å². The van der Waals surface area contributed by atoms with Crippen LogP contribution in [0.5, 0.6) is 0 Å². The quantitative estimate of drug-likeness (QED) is 0.288. The van der Waals surface area contributed by atoms with Gasteiger partial charge < -0.3 is 10.2 Å². The second-order valence-electron chi connectivity index (χ2n) is 5.40. The summed E-state index contributed by atoms with van der Waals surface area (Å²) in [5.74, 6) is 0. The minimum Gasteiger partial charge on any atom is -0.311 e. The average Bonchev–Trinajstić information content (AvgIpc) is 2.43. The summed E-state index contributed by atoms with van der Waals surface area (Å²) in [4.78, 5) is 2.71. The van der Waals surface area contributed by atoms with Crippen LogP contribution in [0.4, 0.5) is 0 Å². The van der Waals surface area contributed by atoms with Crippen LogP contribution in [0.3, 0.4) is 0 Å². The van der Waals surface area contributed by atoms with Crippen LogP contribution in [0.2, 0.25) is 0 Å². The fourth-order valence-electron chi connectivity index (χ4n) is 2.46. The molecule has 0 spiro atoms. The third-order valence-electron chi connectivity index (χ3n) is 3.71. The number of hydrazine groups is 1. The summed E-state index contributed by atoms with van der Waals surface area (Å²) in [5, 5.41) is 2.54. The van der Waals surface area contributed by atoms with Crippen LogP contribution in [0.1, 0.15) is 72.1 Å². The lowest BCUT2D eigenvalue weighted by atomic mass is 10.0. The summed E-state index contributed by atoms with van der Waals surface area (Å²) in [5.41, 5.74) is 3.02. The Bertz CT molecular complexity index is 171. The first-order valence-corrected chi connectivity index (χ1v) is 8.22. The van der Waals surface area contributed by atoms with E-state index in [0.717, 1.165) is 6.54 Å². The van der Waals surface area contributed by atoms with Gasteiger partial charge in [0.1, 0.15) is 0 Å². The molecule has 0 aromatic carbocycles.